The van der Waals surface area contributed by atoms with Crippen molar-refractivity contribution in [2.45, 2.75) is 116 Å². The summed E-state index contributed by atoms with van der Waals surface area (Å²) in [6.45, 7) is 5.36. The topological polar surface area (TPSA) is 91.3 Å². The molecule has 0 rings (SSSR count). The Labute approximate surface area is 221 Å². The van der Waals surface area contributed by atoms with Crippen LogP contribution in [0.1, 0.15) is 110 Å². The largest absolute Gasteiger partial charge is 0.472 e. The molecule has 0 spiro atoms. The fourth-order valence-corrected chi connectivity index (χ4v) is 4.33. The van der Waals surface area contributed by atoms with Crippen LogP contribution < -0.4 is 0 Å². The SMILES string of the molecule is CCCCCCCCCCCCCCOCC(COP(=O)(O)OCC[N+](C)(C)C)OC(=O)CCCC. The van der Waals surface area contributed by atoms with E-state index in [2.05, 4.69) is 6.92 Å². The third-order valence-corrected chi connectivity index (χ3v) is 6.90. The Balaban J connectivity index is 4.12. The first kappa shape index (κ1) is 35.5. The van der Waals surface area contributed by atoms with E-state index in [-0.39, 0.29) is 25.8 Å². The quantitative estimate of drug-likeness (QED) is 0.0571. The average Bonchev–Trinajstić information content (AvgIpc) is 2.80. The number of carbonyl (C=O) groups is 1. The van der Waals surface area contributed by atoms with Crippen LogP contribution >= 0.6 is 7.82 Å². The Hall–Kier alpha value is -0.500. The molecule has 0 aromatic carbocycles. The molecule has 0 aliphatic carbocycles. The van der Waals surface area contributed by atoms with Crippen molar-refractivity contribution in [3.05, 3.63) is 0 Å². The van der Waals surface area contributed by atoms with Crippen LogP contribution in [0.25, 0.3) is 0 Å². The first-order valence-electron chi connectivity index (χ1n) is 14.3. The molecule has 0 amide bonds. The summed E-state index contributed by atoms with van der Waals surface area (Å²) in [5.41, 5.74) is 0. The van der Waals surface area contributed by atoms with Gasteiger partial charge in [-0.1, -0.05) is 90.9 Å². The predicted molar refractivity (Wildman–Crippen MR) is 146 cm³/mol. The second-order valence-electron chi connectivity index (χ2n) is 10.8. The molecule has 0 saturated heterocycles. The lowest BCUT2D eigenvalue weighted by Crippen LogP contribution is -2.37. The number of quaternary nitrogens is 1. The number of unbranched alkanes of at least 4 members (excludes halogenated alkanes) is 12. The zero-order valence-corrected chi connectivity index (χ0v) is 24.9. The zero-order chi connectivity index (χ0) is 27.1. The van der Waals surface area contributed by atoms with E-state index < -0.39 is 13.9 Å². The van der Waals surface area contributed by atoms with Crippen LogP contribution in [0.15, 0.2) is 0 Å². The Morgan fingerprint density at radius 3 is 1.81 bits per heavy atom. The van der Waals surface area contributed by atoms with Gasteiger partial charge in [0.2, 0.25) is 0 Å². The molecular formula is C27H57NO7P+. The summed E-state index contributed by atoms with van der Waals surface area (Å²) in [6.07, 6.45) is 16.5. The van der Waals surface area contributed by atoms with Crippen LogP contribution in [0.3, 0.4) is 0 Å². The lowest BCUT2D eigenvalue weighted by atomic mass is 10.1. The number of nitrogens with zero attached hydrogens (tertiary/aromatic N) is 1. The molecule has 0 heterocycles. The monoisotopic (exact) mass is 538 g/mol. The Morgan fingerprint density at radius 2 is 1.28 bits per heavy atom. The maximum absolute atomic E-state index is 12.2. The van der Waals surface area contributed by atoms with Crippen molar-refractivity contribution in [3.8, 4) is 0 Å². The summed E-state index contributed by atoms with van der Waals surface area (Å²) >= 11 is 0. The number of likely N-dealkylation sites (N-methyl/N-ethyl adjacent to an activating group) is 1. The van der Waals surface area contributed by atoms with Crippen LogP contribution in [-0.2, 0) is 27.9 Å². The van der Waals surface area contributed by atoms with Crippen molar-refractivity contribution in [1.29, 1.82) is 0 Å². The van der Waals surface area contributed by atoms with Gasteiger partial charge >= 0.3 is 13.8 Å². The zero-order valence-electron chi connectivity index (χ0n) is 24.0. The Kier molecular flexibility index (Phi) is 22.2. The first-order chi connectivity index (χ1) is 17.1. The molecule has 0 aliphatic rings. The van der Waals surface area contributed by atoms with Crippen molar-refractivity contribution >= 4 is 13.8 Å². The summed E-state index contributed by atoms with van der Waals surface area (Å²) in [6, 6.07) is 0. The highest BCUT2D eigenvalue weighted by Gasteiger charge is 2.26. The average molecular weight is 539 g/mol. The smallest absolute Gasteiger partial charge is 0.457 e. The molecule has 0 aliphatic heterocycles. The molecular weight excluding hydrogens is 481 g/mol. The number of esters is 1. The van der Waals surface area contributed by atoms with Crippen LogP contribution in [0.2, 0.25) is 0 Å². The van der Waals surface area contributed by atoms with Gasteiger partial charge in [0.25, 0.3) is 0 Å². The van der Waals surface area contributed by atoms with Gasteiger partial charge in [0.1, 0.15) is 19.3 Å². The highest BCUT2D eigenvalue weighted by molar-refractivity contribution is 7.47. The Morgan fingerprint density at radius 1 is 0.750 bits per heavy atom. The molecule has 0 aromatic rings. The number of phosphoric ester groups is 1. The van der Waals surface area contributed by atoms with Crippen molar-refractivity contribution in [2.24, 2.45) is 0 Å². The molecule has 8 nitrogen and oxygen atoms in total. The summed E-state index contributed by atoms with van der Waals surface area (Å²) in [5, 5.41) is 0. The summed E-state index contributed by atoms with van der Waals surface area (Å²) in [4.78, 5) is 22.0. The van der Waals surface area contributed by atoms with Gasteiger partial charge in [-0.3, -0.25) is 13.8 Å². The van der Waals surface area contributed by atoms with Crippen molar-refractivity contribution < 1.29 is 37.3 Å². The third kappa shape index (κ3) is 25.2. The van der Waals surface area contributed by atoms with Crippen molar-refractivity contribution in [2.75, 3.05) is 54.1 Å². The standard InChI is InChI=1S/C27H56NO7P/c1-6-8-10-11-12-13-14-15-16-17-18-19-22-32-24-26(35-27(29)20-9-7-2)25-34-36(30,31)33-23-21-28(3,4)5/h26H,6-25H2,1-5H3/p+1. The fourth-order valence-electron chi connectivity index (χ4n) is 3.59. The third-order valence-electron chi connectivity index (χ3n) is 5.92. The maximum Gasteiger partial charge on any atom is 0.472 e. The first-order valence-corrected chi connectivity index (χ1v) is 15.8. The number of ether oxygens (including phenoxy) is 2. The molecule has 0 aromatic heterocycles. The molecule has 1 N–H and O–H groups in total. The van der Waals surface area contributed by atoms with Gasteiger partial charge in [-0.15, -0.1) is 0 Å². The van der Waals surface area contributed by atoms with E-state index in [1.807, 2.05) is 28.1 Å². The van der Waals surface area contributed by atoms with E-state index in [4.69, 9.17) is 18.5 Å². The lowest BCUT2D eigenvalue weighted by molar-refractivity contribution is -0.870. The van der Waals surface area contributed by atoms with Crippen molar-refractivity contribution in [1.82, 2.24) is 0 Å². The van der Waals surface area contributed by atoms with Gasteiger partial charge in [0.15, 0.2) is 0 Å². The molecule has 0 radical (unpaired) electrons. The highest BCUT2D eigenvalue weighted by Crippen LogP contribution is 2.43. The molecule has 2 unspecified atom stereocenters. The van der Waals surface area contributed by atoms with Gasteiger partial charge in [0.05, 0.1) is 34.4 Å². The summed E-state index contributed by atoms with van der Waals surface area (Å²) < 4.78 is 34.1. The van der Waals surface area contributed by atoms with E-state index in [9.17, 15) is 14.3 Å². The normalized spacial score (nSPS) is 14.5. The summed E-state index contributed by atoms with van der Waals surface area (Å²) in [7, 11) is 1.67. The second kappa shape index (κ2) is 22.5. The van der Waals surface area contributed by atoms with Gasteiger partial charge in [-0.05, 0) is 12.8 Å². The van der Waals surface area contributed by atoms with Gasteiger partial charge in [0, 0.05) is 13.0 Å². The number of phosphoric acid groups is 1. The van der Waals surface area contributed by atoms with Crippen molar-refractivity contribution in [3.63, 3.8) is 0 Å². The number of hydrogen-bond donors (Lipinski definition) is 1. The van der Waals surface area contributed by atoms with Gasteiger partial charge in [-0.25, -0.2) is 4.57 Å². The minimum Gasteiger partial charge on any atom is -0.457 e. The number of rotatable bonds is 26. The van der Waals surface area contributed by atoms with Gasteiger partial charge in [-0.2, -0.15) is 0 Å². The van der Waals surface area contributed by atoms with E-state index in [1.165, 1.54) is 64.2 Å². The van der Waals surface area contributed by atoms with E-state index in [1.54, 1.807) is 0 Å². The maximum atomic E-state index is 12.2. The molecule has 0 bridgehead atoms. The van der Waals surface area contributed by atoms with Crippen LogP contribution in [0.5, 0.6) is 0 Å². The second-order valence-corrected chi connectivity index (χ2v) is 12.2. The predicted octanol–water partition coefficient (Wildman–Crippen LogP) is 6.65. The van der Waals surface area contributed by atoms with E-state index in [0.717, 1.165) is 25.7 Å². The van der Waals surface area contributed by atoms with Gasteiger partial charge < -0.3 is 18.9 Å². The minimum absolute atomic E-state index is 0.0910. The lowest BCUT2D eigenvalue weighted by Gasteiger charge is -2.24. The number of carbonyl (C=O) groups excluding carboxylic acids is 1. The molecule has 9 heteroatoms. The molecule has 216 valence electrons. The van der Waals surface area contributed by atoms with Crippen LogP contribution in [0.4, 0.5) is 0 Å². The van der Waals surface area contributed by atoms with Crippen LogP contribution in [0, 0.1) is 0 Å². The fraction of sp³-hybridized carbons (Fsp3) is 0.963. The highest BCUT2D eigenvalue weighted by atomic mass is 31.2. The summed E-state index contributed by atoms with van der Waals surface area (Å²) in [5.74, 6) is -0.349. The van der Waals surface area contributed by atoms with E-state index >= 15 is 0 Å². The Bertz CT molecular complexity index is 569. The van der Waals surface area contributed by atoms with Crippen LogP contribution in [-0.4, -0.2) is 75.6 Å². The number of hydrogen-bond acceptors (Lipinski definition) is 6. The minimum atomic E-state index is -4.23. The van der Waals surface area contributed by atoms with E-state index in [0.29, 0.717) is 24.1 Å². The molecule has 36 heavy (non-hydrogen) atoms. The molecule has 0 fully saturated rings. The molecule has 0 saturated carbocycles. The molecule has 2 atom stereocenters.